The standard InChI is InChI=1S/C15H10ClNO2/c16-11-2-1-10-7-14(9-17-15(10)8-11)19-13-5-3-12(18)4-6-13/h1-9,18H. The molecule has 0 aliphatic heterocycles. The van der Waals surface area contributed by atoms with Gasteiger partial charge in [-0.15, -0.1) is 0 Å². The SMILES string of the molecule is Oc1ccc(Oc2cnc3cc(Cl)ccc3c2)cc1. The molecule has 2 aromatic carbocycles. The van der Waals surface area contributed by atoms with Gasteiger partial charge in [-0.25, -0.2) is 0 Å². The van der Waals surface area contributed by atoms with Gasteiger partial charge >= 0.3 is 0 Å². The average molecular weight is 272 g/mol. The molecular weight excluding hydrogens is 262 g/mol. The molecule has 0 aliphatic rings. The molecule has 0 saturated heterocycles. The van der Waals surface area contributed by atoms with Crippen molar-refractivity contribution in [1.82, 2.24) is 4.98 Å². The van der Waals surface area contributed by atoms with Crippen LogP contribution < -0.4 is 4.74 Å². The van der Waals surface area contributed by atoms with Gasteiger partial charge in [-0.1, -0.05) is 17.7 Å². The molecule has 19 heavy (non-hydrogen) atoms. The molecule has 0 fully saturated rings. The van der Waals surface area contributed by atoms with E-state index in [1.807, 2.05) is 18.2 Å². The normalized spacial score (nSPS) is 10.6. The predicted molar refractivity (Wildman–Crippen MR) is 74.9 cm³/mol. The number of hydrogen-bond donors (Lipinski definition) is 1. The summed E-state index contributed by atoms with van der Waals surface area (Å²) < 4.78 is 5.67. The molecule has 94 valence electrons. The summed E-state index contributed by atoms with van der Waals surface area (Å²) in [5, 5.41) is 10.8. The third-order valence-electron chi connectivity index (χ3n) is 2.69. The van der Waals surface area contributed by atoms with Gasteiger partial charge in [-0.3, -0.25) is 4.98 Å². The predicted octanol–water partition coefficient (Wildman–Crippen LogP) is 4.39. The first kappa shape index (κ1) is 11.8. The fourth-order valence-corrected chi connectivity index (χ4v) is 1.95. The van der Waals surface area contributed by atoms with Crippen LogP contribution >= 0.6 is 11.6 Å². The maximum atomic E-state index is 9.21. The highest BCUT2D eigenvalue weighted by atomic mass is 35.5. The van der Waals surface area contributed by atoms with E-state index in [0.29, 0.717) is 16.5 Å². The highest BCUT2D eigenvalue weighted by Crippen LogP contribution is 2.26. The third-order valence-corrected chi connectivity index (χ3v) is 2.93. The largest absolute Gasteiger partial charge is 0.508 e. The highest BCUT2D eigenvalue weighted by Gasteiger charge is 2.01. The van der Waals surface area contributed by atoms with Crippen molar-refractivity contribution in [3.8, 4) is 17.2 Å². The van der Waals surface area contributed by atoms with Gasteiger partial charge in [0.15, 0.2) is 0 Å². The molecule has 0 atom stereocenters. The number of nitrogens with zero attached hydrogens (tertiary/aromatic N) is 1. The molecule has 0 spiro atoms. The molecule has 0 aliphatic carbocycles. The Morgan fingerprint density at radius 1 is 0.947 bits per heavy atom. The van der Waals surface area contributed by atoms with E-state index in [1.54, 1.807) is 36.5 Å². The van der Waals surface area contributed by atoms with Crippen LogP contribution in [0.2, 0.25) is 5.02 Å². The first-order valence-electron chi connectivity index (χ1n) is 5.73. The maximum Gasteiger partial charge on any atom is 0.146 e. The highest BCUT2D eigenvalue weighted by molar-refractivity contribution is 6.31. The van der Waals surface area contributed by atoms with Crippen molar-refractivity contribution in [3.05, 3.63) is 59.8 Å². The zero-order valence-electron chi connectivity index (χ0n) is 9.88. The van der Waals surface area contributed by atoms with E-state index in [9.17, 15) is 5.11 Å². The van der Waals surface area contributed by atoms with Crippen molar-refractivity contribution in [1.29, 1.82) is 0 Å². The Balaban J connectivity index is 1.93. The van der Waals surface area contributed by atoms with E-state index in [-0.39, 0.29) is 5.75 Å². The molecule has 1 aromatic heterocycles. The Hall–Kier alpha value is -2.26. The van der Waals surface area contributed by atoms with E-state index in [1.165, 1.54) is 0 Å². The molecule has 1 N–H and O–H groups in total. The van der Waals surface area contributed by atoms with Crippen LogP contribution in [-0.2, 0) is 0 Å². The average Bonchev–Trinajstić information content (AvgIpc) is 2.42. The summed E-state index contributed by atoms with van der Waals surface area (Å²) in [6.07, 6.45) is 1.64. The second-order valence-electron chi connectivity index (χ2n) is 4.10. The number of aromatic hydroxyl groups is 1. The van der Waals surface area contributed by atoms with Gasteiger partial charge in [-0.05, 0) is 42.5 Å². The van der Waals surface area contributed by atoms with Crippen molar-refractivity contribution >= 4 is 22.5 Å². The lowest BCUT2D eigenvalue weighted by Crippen LogP contribution is -1.86. The van der Waals surface area contributed by atoms with Crippen LogP contribution in [0, 0.1) is 0 Å². The van der Waals surface area contributed by atoms with E-state index in [0.717, 1.165) is 10.9 Å². The minimum Gasteiger partial charge on any atom is -0.508 e. The number of pyridine rings is 1. The summed E-state index contributed by atoms with van der Waals surface area (Å²) in [4.78, 5) is 4.30. The molecule has 3 rings (SSSR count). The Morgan fingerprint density at radius 3 is 2.53 bits per heavy atom. The van der Waals surface area contributed by atoms with Gasteiger partial charge in [0, 0.05) is 10.4 Å². The van der Waals surface area contributed by atoms with Crippen LogP contribution in [0.4, 0.5) is 0 Å². The monoisotopic (exact) mass is 271 g/mol. The van der Waals surface area contributed by atoms with Crippen LogP contribution in [0.5, 0.6) is 17.2 Å². The summed E-state index contributed by atoms with van der Waals surface area (Å²) in [6.45, 7) is 0. The number of halogens is 1. The number of fused-ring (bicyclic) bond motifs is 1. The second kappa shape index (κ2) is 4.78. The zero-order valence-corrected chi connectivity index (χ0v) is 10.6. The quantitative estimate of drug-likeness (QED) is 0.752. The Kier molecular flexibility index (Phi) is 2.97. The lowest BCUT2D eigenvalue weighted by atomic mass is 10.2. The van der Waals surface area contributed by atoms with Gasteiger partial charge in [0.25, 0.3) is 0 Å². The van der Waals surface area contributed by atoms with E-state index in [4.69, 9.17) is 16.3 Å². The fraction of sp³-hybridized carbons (Fsp3) is 0. The first-order chi connectivity index (χ1) is 9.20. The maximum absolute atomic E-state index is 9.21. The Bertz CT molecular complexity index is 726. The Labute approximate surface area is 115 Å². The van der Waals surface area contributed by atoms with Crippen molar-refractivity contribution in [2.24, 2.45) is 0 Å². The zero-order chi connectivity index (χ0) is 13.2. The summed E-state index contributed by atoms with van der Waals surface area (Å²) in [7, 11) is 0. The molecule has 3 aromatic rings. The summed E-state index contributed by atoms with van der Waals surface area (Å²) in [5.74, 6) is 1.49. The van der Waals surface area contributed by atoms with Crippen molar-refractivity contribution in [2.75, 3.05) is 0 Å². The number of rotatable bonds is 2. The van der Waals surface area contributed by atoms with E-state index >= 15 is 0 Å². The topological polar surface area (TPSA) is 42.4 Å². The van der Waals surface area contributed by atoms with Gasteiger partial charge in [0.05, 0.1) is 11.7 Å². The number of ether oxygens (including phenoxy) is 1. The summed E-state index contributed by atoms with van der Waals surface area (Å²) in [6, 6.07) is 14.0. The molecule has 0 unspecified atom stereocenters. The van der Waals surface area contributed by atoms with E-state index in [2.05, 4.69) is 4.98 Å². The van der Waals surface area contributed by atoms with Crippen LogP contribution in [0.15, 0.2) is 54.7 Å². The van der Waals surface area contributed by atoms with Gasteiger partial charge in [0.2, 0.25) is 0 Å². The molecular formula is C15H10ClNO2. The molecule has 3 nitrogen and oxygen atoms in total. The van der Waals surface area contributed by atoms with Crippen LogP contribution in [0.25, 0.3) is 10.9 Å². The van der Waals surface area contributed by atoms with Crippen LogP contribution in [0.1, 0.15) is 0 Å². The fourth-order valence-electron chi connectivity index (χ4n) is 1.78. The lowest BCUT2D eigenvalue weighted by molar-refractivity contribution is 0.464. The van der Waals surface area contributed by atoms with Gasteiger partial charge in [0.1, 0.15) is 17.2 Å². The minimum absolute atomic E-state index is 0.207. The number of aromatic nitrogens is 1. The molecule has 0 radical (unpaired) electrons. The number of benzene rings is 2. The number of phenols is 1. The molecule has 0 bridgehead atoms. The Morgan fingerprint density at radius 2 is 1.74 bits per heavy atom. The number of hydrogen-bond acceptors (Lipinski definition) is 3. The smallest absolute Gasteiger partial charge is 0.146 e. The van der Waals surface area contributed by atoms with Gasteiger partial charge in [-0.2, -0.15) is 0 Å². The molecule has 0 saturated carbocycles. The lowest BCUT2D eigenvalue weighted by Gasteiger charge is -2.06. The van der Waals surface area contributed by atoms with Crippen molar-refractivity contribution in [3.63, 3.8) is 0 Å². The van der Waals surface area contributed by atoms with Crippen molar-refractivity contribution in [2.45, 2.75) is 0 Å². The van der Waals surface area contributed by atoms with Gasteiger partial charge < -0.3 is 9.84 Å². The van der Waals surface area contributed by atoms with Crippen LogP contribution in [0.3, 0.4) is 0 Å². The summed E-state index contributed by atoms with van der Waals surface area (Å²) >= 11 is 5.91. The molecule has 0 amide bonds. The van der Waals surface area contributed by atoms with E-state index < -0.39 is 0 Å². The van der Waals surface area contributed by atoms with Crippen molar-refractivity contribution < 1.29 is 9.84 Å². The number of phenolic OH excluding ortho intramolecular Hbond substituents is 1. The first-order valence-corrected chi connectivity index (χ1v) is 6.11. The summed E-state index contributed by atoms with van der Waals surface area (Å²) in [5.41, 5.74) is 0.825. The second-order valence-corrected chi connectivity index (χ2v) is 4.54. The molecule has 1 heterocycles. The van der Waals surface area contributed by atoms with Crippen LogP contribution in [-0.4, -0.2) is 10.1 Å². The minimum atomic E-state index is 0.207. The molecule has 4 heteroatoms. The third kappa shape index (κ3) is 2.61.